The summed E-state index contributed by atoms with van der Waals surface area (Å²) in [6, 6.07) is 45.7. The van der Waals surface area contributed by atoms with E-state index in [0.717, 1.165) is 15.9 Å². The minimum Gasteiger partial charge on any atom is -0.184 e. The molecule has 0 amide bonds. The summed E-state index contributed by atoms with van der Waals surface area (Å²) in [6.07, 6.45) is 2.32. The number of hydrogen-bond donors (Lipinski definition) is 0. The summed E-state index contributed by atoms with van der Waals surface area (Å²) in [5.74, 6) is 1.02. The Labute approximate surface area is 297 Å². The van der Waals surface area contributed by atoms with E-state index >= 15 is 0 Å². The molecular formula is C42H40Cl2SiZr. The number of benzene rings is 5. The van der Waals surface area contributed by atoms with Gasteiger partial charge in [-0.2, -0.15) is 35.5 Å². The molecule has 0 N–H and O–H groups in total. The Morgan fingerprint density at radius 1 is 0.717 bits per heavy atom. The number of aryl methyl sites for hydroxylation is 1. The molecule has 0 spiro atoms. The molecule has 2 radical (unpaired) electrons. The molecule has 6 aromatic rings. The first-order chi connectivity index (χ1) is 22.3. The van der Waals surface area contributed by atoms with Crippen molar-refractivity contribution in [2.45, 2.75) is 59.3 Å². The van der Waals surface area contributed by atoms with Crippen molar-refractivity contribution < 1.29 is 20.8 Å². The maximum absolute atomic E-state index is 4.93. The summed E-state index contributed by atoms with van der Waals surface area (Å²) in [6.45, 7) is 11.4. The molecule has 0 fully saturated rings. The maximum Gasteiger partial charge on any atom is 0.0920 e. The van der Waals surface area contributed by atoms with Crippen LogP contribution in [0.4, 0.5) is 0 Å². The second-order valence-corrected chi connectivity index (χ2v) is 17.4. The molecule has 7 rings (SSSR count). The van der Waals surface area contributed by atoms with Gasteiger partial charge in [-0.05, 0) is 46.1 Å². The molecule has 0 saturated heterocycles. The molecular weight excluding hydrogens is 695 g/mol. The Bertz CT molecular complexity index is 1820. The summed E-state index contributed by atoms with van der Waals surface area (Å²) in [7, 11) is 10.7. The van der Waals surface area contributed by atoms with Crippen molar-refractivity contribution in [1.29, 1.82) is 0 Å². The number of fused-ring (bicyclic) bond motifs is 4. The second-order valence-electron chi connectivity index (χ2n) is 12.4. The van der Waals surface area contributed by atoms with E-state index in [0.29, 0.717) is 11.8 Å². The van der Waals surface area contributed by atoms with Crippen LogP contribution in [0, 0.1) is 6.07 Å². The summed E-state index contributed by atoms with van der Waals surface area (Å²) < 4.78 is 0. The summed E-state index contributed by atoms with van der Waals surface area (Å²) in [5, 5.41) is 5.56. The van der Waals surface area contributed by atoms with Crippen molar-refractivity contribution in [3.05, 3.63) is 138 Å². The van der Waals surface area contributed by atoms with Crippen LogP contribution < -0.4 is 10.4 Å². The summed E-state index contributed by atoms with van der Waals surface area (Å²) in [5.41, 5.74) is 12.4. The number of rotatable bonds is 6. The minimum absolute atomic E-state index is 0.511. The molecule has 0 aliphatic carbocycles. The van der Waals surface area contributed by atoms with Crippen LogP contribution >= 0.6 is 17.0 Å². The second kappa shape index (κ2) is 16.5. The molecule has 46 heavy (non-hydrogen) atoms. The van der Waals surface area contributed by atoms with Crippen molar-refractivity contribution in [3.63, 3.8) is 0 Å². The van der Waals surface area contributed by atoms with Crippen molar-refractivity contribution in [3.8, 4) is 33.4 Å². The summed E-state index contributed by atoms with van der Waals surface area (Å²) >= 11 is -0.826. The quantitative estimate of drug-likeness (QED) is 0.118. The number of halogens is 2. The minimum atomic E-state index is -0.826. The van der Waals surface area contributed by atoms with Gasteiger partial charge in [0.25, 0.3) is 0 Å². The van der Waals surface area contributed by atoms with Gasteiger partial charge in [0.1, 0.15) is 0 Å². The topological polar surface area (TPSA) is 0 Å². The molecule has 0 bridgehead atoms. The number of hydrogen-bond acceptors (Lipinski definition) is 0. The largest absolute Gasteiger partial charge is 0.184 e. The molecule has 0 nitrogen and oxygen atoms in total. The molecule has 1 aliphatic heterocycles. The molecule has 4 heteroatoms. The van der Waals surface area contributed by atoms with E-state index in [9.17, 15) is 0 Å². The van der Waals surface area contributed by atoms with E-state index in [4.69, 9.17) is 17.0 Å². The van der Waals surface area contributed by atoms with Crippen molar-refractivity contribution in [2.24, 2.45) is 0 Å². The molecule has 0 saturated carbocycles. The van der Waals surface area contributed by atoms with E-state index in [1.54, 1.807) is 0 Å². The van der Waals surface area contributed by atoms with Crippen LogP contribution in [0.5, 0.6) is 0 Å². The fraction of sp³-hybridized carbons (Fsp3) is 0.214. The molecule has 0 unspecified atom stereocenters. The molecule has 230 valence electrons. The average molecular weight is 735 g/mol. The monoisotopic (exact) mass is 732 g/mol. The van der Waals surface area contributed by atoms with Gasteiger partial charge in [0.2, 0.25) is 0 Å². The third-order valence-corrected chi connectivity index (χ3v) is 9.88. The molecule has 0 aromatic heterocycles. The normalized spacial score (nSPS) is 11.3. The van der Waals surface area contributed by atoms with E-state index in [1.165, 1.54) is 77.6 Å². The van der Waals surface area contributed by atoms with Crippen LogP contribution in [0.3, 0.4) is 0 Å². The van der Waals surface area contributed by atoms with Crippen LogP contribution in [0.25, 0.3) is 44.2 Å². The maximum atomic E-state index is 4.93. The van der Waals surface area contributed by atoms with Crippen LogP contribution in [0.1, 0.15) is 69.6 Å². The predicted octanol–water partition coefficient (Wildman–Crippen LogP) is 11.6. The van der Waals surface area contributed by atoms with Crippen LogP contribution in [0.2, 0.25) is 0 Å². The SMILES string of the molecule is CCCc1cc2c(-c3cc(C(C)C)cc(C(C)C)c3)c(-c3ccccc3)ccc2[cH-]1.[Cl][Zr+2][Cl].[c-]1cccc2c1[Si]c1ccccc1-2. The van der Waals surface area contributed by atoms with Gasteiger partial charge in [-0.25, -0.2) is 0 Å². The smallest absolute Gasteiger partial charge is 0.0920 e. The zero-order chi connectivity index (χ0) is 32.6. The van der Waals surface area contributed by atoms with Crippen LogP contribution in [-0.4, -0.2) is 9.52 Å². The Morgan fingerprint density at radius 2 is 1.37 bits per heavy atom. The van der Waals surface area contributed by atoms with Crippen molar-refractivity contribution in [1.82, 2.24) is 0 Å². The molecule has 0 atom stereocenters. The van der Waals surface area contributed by atoms with E-state index in [-0.39, 0.29) is 0 Å². The van der Waals surface area contributed by atoms with E-state index in [1.807, 2.05) is 6.07 Å². The van der Waals surface area contributed by atoms with Gasteiger partial charge < -0.3 is 0 Å². The standard InChI is InChI=1S/C30H33.C12H7Si.2ClH.Zr/c1-6-10-22-15-24-13-14-28(23-11-8-7-9-12-23)30(29(24)16-22)27-18-25(20(2)3)17-26(19-27)21(4)5;1-3-7-11-9(5-1)10-6-2-4-8-12(10)13-11;;;/h7-9,11-21H,6,10H2,1-5H3;1-7H;2*1H;/q2*-1;;;+4/p-2. The van der Waals surface area contributed by atoms with Gasteiger partial charge in [-0.15, -0.1) is 34.0 Å². The Morgan fingerprint density at radius 3 is 2.04 bits per heavy atom. The molecule has 6 aromatic carbocycles. The first-order valence-corrected chi connectivity index (χ1v) is 23.4. The van der Waals surface area contributed by atoms with Gasteiger partial charge in [-0.1, -0.05) is 136 Å². The zero-order valence-electron chi connectivity index (χ0n) is 27.3. The van der Waals surface area contributed by atoms with Gasteiger partial charge in [-0.3, -0.25) is 0 Å². The Kier molecular flexibility index (Phi) is 12.4. The zero-order valence-corrected chi connectivity index (χ0v) is 32.3. The first-order valence-electron chi connectivity index (χ1n) is 16.1. The Hall–Kier alpha value is -2.61. The van der Waals surface area contributed by atoms with Gasteiger partial charge in [0.15, 0.2) is 0 Å². The Balaban J connectivity index is 0.000000214. The average Bonchev–Trinajstić information content (AvgIpc) is 3.66. The van der Waals surface area contributed by atoms with Crippen molar-refractivity contribution >= 4 is 47.7 Å². The van der Waals surface area contributed by atoms with Crippen LogP contribution in [-0.2, 0) is 27.3 Å². The van der Waals surface area contributed by atoms with Gasteiger partial charge in [0.05, 0.1) is 9.52 Å². The molecule has 1 heterocycles. The third kappa shape index (κ3) is 8.08. The van der Waals surface area contributed by atoms with Gasteiger partial charge >= 0.3 is 37.9 Å². The van der Waals surface area contributed by atoms with E-state index < -0.39 is 20.8 Å². The third-order valence-electron chi connectivity index (χ3n) is 8.51. The molecule has 1 aliphatic rings. The first kappa shape index (κ1) is 34.7. The van der Waals surface area contributed by atoms with Crippen LogP contribution in [0.15, 0.2) is 115 Å². The van der Waals surface area contributed by atoms with Crippen molar-refractivity contribution in [2.75, 3.05) is 0 Å². The summed E-state index contributed by atoms with van der Waals surface area (Å²) in [4.78, 5) is 0. The fourth-order valence-electron chi connectivity index (χ4n) is 6.16. The van der Waals surface area contributed by atoms with E-state index in [2.05, 4.69) is 150 Å². The van der Waals surface area contributed by atoms with Gasteiger partial charge in [0, 0.05) is 0 Å². The fourth-order valence-corrected chi connectivity index (χ4v) is 7.47. The predicted molar refractivity (Wildman–Crippen MR) is 200 cm³/mol.